The van der Waals surface area contributed by atoms with Gasteiger partial charge in [0, 0.05) is 0 Å². The van der Waals surface area contributed by atoms with Crippen molar-refractivity contribution in [3.05, 3.63) is 131 Å². The maximum atomic E-state index is 3.98. The summed E-state index contributed by atoms with van der Waals surface area (Å²) in [5.74, 6) is 0. The number of dihydropyridines is 1. The fourth-order valence-electron chi connectivity index (χ4n) is 3.93. The number of allylic oxidation sites excluding steroid dienone is 2. The first-order chi connectivity index (χ1) is 14.7. The Bertz CT molecular complexity index is 876. The highest BCUT2D eigenvalue weighted by Gasteiger charge is 2.38. The monoisotopic (exact) mass is 396 g/mol. The molecule has 1 heterocycles. The smallest absolute Gasteiger partial charge is 0.100 e. The van der Waals surface area contributed by atoms with Crippen LogP contribution in [-0.4, -0.2) is 6.17 Å². The molecule has 0 bridgehead atoms. The first kappa shape index (κ1) is 21.6. The first-order valence-corrected chi connectivity index (χ1v) is 10.8. The van der Waals surface area contributed by atoms with Gasteiger partial charge in [-0.2, -0.15) is 0 Å². The number of hydrogen-bond acceptors (Lipinski definition) is 2. The molecule has 1 atom stereocenters. The van der Waals surface area contributed by atoms with Crippen molar-refractivity contribution >= 4 is 0 Å². The van der Waals surface area contributed by atoms with E-state index in [4.69, 9.17) is 0 Å². The number of hydrogen-bond donors (Lipinski definition) is 2. The minimum absolute atomic E-state index is 0.0330. The zero-order valence-electron chi connectivity index (χ0n) is 18.4. The second-order valence-electron chi connectivity index (χ2n) is 7.29. The van der Waals surface area contributed by atoms with Crippen LogP contribution in [0.2, 0.25) is 0 Å². The summed E-state index contributed by atoms with van der Waals surface area (Å²) in [6.07, 6.45) is 4.19. The molecule has 2 heteroatoms. The Balaban J connectivity index is 0.00000124. The molecule has 1 aliphatic rings. The van der Waals surface area contributed by atoms with Crippen LogP contribution >= 0.6 is 0 Å². The van der Waals surface area contributed by atoms with E-state index in [1.54, 1.807) is 0 Å². The molecule has 3 aromatic carbocycles. The summed E-state index contributed by atoms with van der Waals surface area (Å²) >= 11 is 0. The van der Waals surface area contributed by atoms with Crippen LogP contribution in [0.3, 0.4) is 0 Å². The molecule has 4 rings (SSSR count). The normalized spacial score (nSPS) is 15.8. The molecule has 154 valence electrons. The van der Waals surface area contributed by atoms with Crippen molar-refractivity contribution in [1.82, 2.24) is 10.6 Å². The highest BCUT2D eigenvalue weighted by molar-refractivity contribution is 5.50. The fraction of sp³-hybridized carbons (Fsp3) is 0.214. The van der Waals surface area contributed by atoms with E-state index in [2.05, 4.69) is 122 Å². The summed E-state index contributed by atoms with van der Waals surface area (Å²) in [7, 11) is 0. The van der Waals surface area contributed by atoms with Gasteiger partial charge >= 0.3 is 0 Å². The van der Waals surface area contributed by atoms with Crippen LogP contribution < -0.4 is 10.6 Å². The van der Waals surface area contributed by atoms with Crippen LogP contribution in [0.25, 0.3) is 0 Å². The van der Waals surface area contributed by atoms with Gasteiger partial charge in [0.25, 0.3) is 0 Å². The Morgan fingerprint density at radius 3 is 1.47 bits per heavy atom. The van der Waals surface area contributed by atoms with Crippen molar-refractivity contribution in [2.24, 2.45) is 0 Å². The topological polar surface area (TPSA) is 24.1 Å². The van der Waals surface area contributed by atoms with Crippen LogP contribution in [-0.2, 0) is 5.54 Å². The second-order valence-corrected chi connectivity index (χ2v) is 7.29. The molecule has 0 radical (unpaired) electrons. The Morgan fingerprint density at radius 2 is 1.07 bits per heavy atom. The third-order valence-electron chi connectivity index (χ3n) is 5.63. The van der Waals surface area contributed by atoms with E-state index >= 15 is 0 Å². The molecule has 0 aromatic heterocycles. The van der Waals surface area contributed by atoms with Gasteiger partial charge in [-0.25, -0.2) is 0 Å². The third-order valence-corrected chi connectivity index (χ3v) is 5.63. The number of nitrogens with one attached hydrogen (secondary N) is 2. The van der Waals surface area contributed by atoms with Gasteiger partial charge in [-0.05, 0) is 54.0 Å². The summed E-state index contributed by atoms with van der Waals surface area (Å²) in [5.41, 5.74) is 5.76. The fourth-order valence-corrected chi connectivity index (χ4v) is 3.93. The largest absolute Gasteiger partial charge is 0.372 e. The summed E-state index contributed by atoms with van der Waals surface area (Å²) in [4.78, 5) is 0. The van der Waals surface area contributed by atoms with Crippen molar-refractivity contribution in [2.75, 3.05) is 0 Å². The van der Waals surface area contributed by atoms with E-state index in [0.717, 1.165) is 0 Å². The highest BCUT2D eigenvalue weighted by atomic mass is 15.2. The van der Waals surface area contributed by atoms with Gasteiger partial charge in [0.05, 0.1) is 5.54 Å². The molecule has 1 aliphatic heterocycles. The van der Waals surface area contributed by atoms with E-state index in [9.17, 15) is 0 Å². The van der Waals surface area contributed by atoms with Crippen LogP contribution in [0.15, 0.2) is 114 Å². The predicted octanol–water partition coefficient (Wildman–Crippen LogP) is 6.37. The Labute approximate surface area is 181 Å². The van der Waals surface area contributed by atoms with E-state index in [1.165, 1.54) is 27.8 Å². The predicted molar refractivity (Wildman–Crippen MR) is 128 cm³/mol. The molecule has 0 fully saturated rings. The van der Waals surface area contributed by atoms with Crippen LogP contribution in [0.1, 0.15) is 44.4 Å². The van der Waals surface area contributed by atoms with Crippen molar-refractivity contribution in [3.8, 4) is 0 Å². The van der Waals surface area contributed by atoms with Gasteiger partial charge in [0.2, 0.25) is 0 Å². The van der Waals surface area contributed by atoms with E-state index < -0.39 is 5.54 Å². The molecular formula is C28H32N2. The third kappa shape index (κ3) is 4.24. The average Bonchev–Trinajstić information content (AvgIpc) is 2.83. The molecule has 2 nitrogen and oxygen atoms in total. The molecule has 0 spiro atoms. The molecule has 3 aromatic rings. The van der Waals surface area contributed by atoms with Gasteiger partial charge in [0.15, 0.2) is 0 Å². The molecule has 0 amide bonds. The molecule has 1 unspecified atom stereocenters. The lowest BCUT2D eigenvalue weighted by Gasteiger charge is -2.41. The molecule has 30 heavy (non-hydrogen) atoms. The lowest BCUT2D eigenvalue weighted by atomic mass is 9.76. The van der Waals surface area contributed by atoms with Crippen molar-refractivity contribution in [1.29, 1.82) is 0 Å². The minimum Gasteiger partial charge on any atom is -0.372 e. The second kappa shape index (κ2) is 10.1. The average molecular weight is 397 g/mol. The van der Waals surface area contributed by atoms with Gasteiger partial charge in [0.1, 0.15) is 6.17 Å². The standard InChI is InChI=1S/C26H26N2.C2H6/c1-20-18-19-27-25(21(20)2)28-26(22-12-6-3-7-13-22,23-14-8-4-9-15-23)24-16-10-5-11-17-24;1-2/h3-19,25,27-28H,1-2H3;1-2H3. The zero-order valence-corrected chi connectivity index (χ0v) is 18.4. The number of benzene rings is 3. The molecule has 2 N–H and O–H groups in total. The summed E-state index contributed by atoms with van der Waals surface area (Å²) in [6, 6.07) is 32.1. The van der Waals surface area contributed by atoms with Crippen molar-refractivity contribution in [3.63, 3.8) is 0 Å². The first-order valence-electron chi connectivity index (χ1n) is 10.8. The van der Waals surface area contributed by atoms with Gasteiger partial charge in [-0.15, -0.1) is 0 Å². The van der Waals surface area contributed by atoms with E-state index in [1.807, 2.05) is 20.0 Å². The summed E-state index contributed by atoms with van der Waals surface area (Å²) < 4.78 is 0. The SMILES string of the molecule is CC.CC1=C(C)C(NC(c2ccccc2)(c2ccccc2)c2ccccc2)NC=C1. The molecule has 0 aliphatic carbocycles. The maximum Gasteiger partial charge on any atom is 0.100 e. The van der Waals surface area contributed by atoms with Crippen molar-refractivity contribution < 1.29 is 0 Å². The number of rotatable bonds is 5. The van der Waals surface area contributed by atoms with Crippen LogP contribution in [0.4, 0.5) is 0 Å². The maximum absolute atomic E-state index is 3.98. The molecule has 0 saturated heterocycles. The zero-order chi connectivity index (χ0) is 21.4. The van der Waals surface area contributed by atoms with Crippen molar-refractivity contribution in [2.45, 2.75) is 39.4 Å². The minimum atomic E-state index is -0.478. The van der Waals surface area contributed by atoms with E-state index in [-0.39, 0.29) is 6.17 Å². The Hall–Kier alpha value is -3.10. The van der Waals surface area contributed by atoms with Gasteiger partial charge in [-0.1, -0.05) is 105 Å². The molecule has 0 saturated carbocycles. The van der Waals surface area contributed by atoms with Gasteiger partial charge < -0.3 is 5.32 Å². The van der Waals surface area contributed by atoms with Crippen LogP contribution in [0, 0.1) is 0 Å². The van der Waals surface area contributed by atoms with E-state index in [0.29, 0.717) is 0 Å². The highest BCUT2D eigenvalue weighted by Crippen LogP contribution is 2.37. The van der Waals surface area contributed by atoms with Crippen LogP contribution in [0.5, 0.6) is 0 Å². The molecular weight excluding hydrogens is 364 g/mol. The Kier molecular flexibility index (Phi) is 7.26. The van der Waals surface area contributed by atoms with Gasteiger partial charge in [-0.3, -0.25) is 5.32 Å². The quantitative estimate of drug-likeness (QED) is 0.489. The lowest BCUT2D eigenvalue weighted by molar-refractivity contribution is 0.393. The Morgan fingerprint density at radius 1 is 0.667 bits per heavy atom. The lowest BCUT2D eigenvalue weighted by Crippen LogP contribution is -2.55. The summed E-state index contributed by atoms with van der Waals surface area (Å²) in [6.45, 7) is 8.35. The summed E-state index contributed by atoms with van der Waals surface area (Å²) in [5, 5.41) is 7.49.